The standard InChI is InChI=1S/C26H28F3N5O3/c1-33(2)11-9-22(18-5-4-10-30-15-18)37-24-7-6-19(16-31-24)32-25(35)34-12-8-17-13-23(36-3)20(14-21(17)34)26(27,28)29/h4-7,10,13-16,22H,8-9,11-12H2,1-3H3,(H,32,35). The van der Waals surface area contributed by atoms with E-state index in [1.165, 1.54) is 24.3 Å². The van der Waals surface area contributed by atoms with E-state index in [9.17, 15) is 18.0 Å². The zero-order chi connectivity index (χ0) is 26.6. The molecule has 0 saturated heterocycles. The molecule has 196 valence electrons. The number of rotatable bonds is 8. The second-order valence-corrected chi connectivity index (χ2v) is 8.88. The molecule has 3 heterocycles. The second kappa shape index (κ2) is 11.0. The van der Waals surface area contributed by atoms with E-state index in [0.29, 0.717) is 23.6 Å². The maximum atomic E-state index is 13.5. The van der Waals surface area contributed by atoms with Crippen molar-refractivity contribution in [2.75, 3.05) is 44.5 Å². The molecule has 0 bridgehead atoms. The molecule has 37 heavy (non-hydrogen) atoms. The van der Waals surface area contributed by atoms with Gasteiger partial charge in [-0.2, -0.15) is 13.2 Å². The summed E-state index contributed by atoms with van der Waals surface area (Å²) in [6.45, 7) is 1.05. The number of nitrogens with one attached hydrogen (secondary N) is 1. The first kappa shape index (κ1) is 26.2. The molecule has 0 spiro atoms. The Morgan fingerprint density at radius 3 is 2.65 bits per heavy atom. The van der Waals surface area contributed by atoms with Gasteiger partial charge in [0.05, 0.1) is 24.6 Å². The molecule has 1 aromatic carbocycles. The summed E-state index contributed by atoms with van der Waals surface area (Å²) in [5.41, 5.74) is 1.21. The van der Waals surface area contributed by atoms with Gasteiger partial charge in [0.2, 0.25) is 5.88 Å². The van der Waals surface area contributed by atoms with Crippen LogP contribution in [0.1, 0.15) is 29.2 Å². The number of alkyl halides is 3. The quantitative estimate of drug-likeness (QED) is 0.446. The molecule has 1 unspecified atom stereocenters. The number of methoxy groups -OCH3 is 1. The number of hydrogen-bond acceptors (Lipinski definition) is 6. The van der Waals surface area contributed by atoms with Gasteiger partial charge in [0.25, 0.3) is 0 Å². The van der Waals surface area contributed by atoms with Crippen LogP contribution in [0.15, 0.2) is 55.0 Å². The van der Waals surface area contributed by atoms with E-state index in [1.807, 2.05) is 26.2 Å². The molecular weight excluding hydrogens is 487 g/mol. The SMILES string of the molecule is COc1cc2c(cc1C(F)(F)F)N(C(=O)Nc1ccc(OC(CCN(C)C)c3cccnc3)nc1)CC2. The fourth-order valence-corrected chi connectivity index (χ4v) is 4.11. The first-order valence-electron chi connectivity index (χ1n) is 11.7. The zero-order valence-corrected chi connectivity index (χ0v) is 20.7. The fraction of sp³-hybridized carbons (Fsp3) is 0.346. The summed E-state index contributed by atoms with van der Waals surface area (Å²) in [4.78, 5) is 24.7. The summed E-state index contributed by atoms with van der Waals surface area (Å²) in [7, 11) is 5.16. The maximum absolute atomic E-state index is 13.5. The molecule has 1 atom stereocenters. The molecule has 1 N–H and O–H groups in total. The number of urea groups is 1. The third-order valence-corrected chi connectivity index (χ3v) is 5.99. The number of hydrogen-bond donors (Lipinski definition) is 1. The van der Waals surface area contributed by atoms with E-state index < -0.39 is 17.8 Å². The van der Waals surface area contributed by atoms with Gasteiger partial charge in [0.1, 0.15) is 11.9 Å². The summed E-state index contributed by atoms with van der Waals surface area (Å²) in [6.07, 6.45) is 1.17. The highest BCUT2D eigenvalue weighted by molar-refractivity contribution is 6.03. The third kappa shape index (κ3) is 6.29. The molecule has 3 aromatic rings. The van der Waals surface area contributed by atoms with E-state index in [0.717, 1.165) is 24.6 Å². The average Bonchev–Trinajstić information content (AvgIpc) is 3.30. The highest BCUT2D eigenvalue weighted by atomic mass is 19.4. The Morgan fingerprint density at radius 1 is 1.22 bits per heavy atom. The summed E-state index contributed by atoms with van der Waals surface area (Å²) >= 11 is 0. The molecule has 2 aromatic heterocycles. The van der Waals surface area contributed by atoms with Crippen molar-refractivity contribution in [3.05, 3.63) is 71.7 Å². The van der Waals surface area contributed by atoms with E-state index >= 15 is 0 Å². The number of pyridine rings is 2. The topological polar surface area (TPSA) is 79.8 Å². The molecule has 0 saturated carbocycles. The van der Waals surface area contributed by atoms with Crippen LogP contribution in [0, 0.1) is 0 Å². The van der Waals surface area contributed by atoms with Gasteiger partial charge in [0, 0.05) is 49.2 Å². The maximum Gasteiger partial charge on any atom is 0.420 e. The smallest absolute Gasteiger partial charge is 0.420 e. The molecule has 2 amide bonds. The lowest BCUT2D eigenvalue weighted by Gasteiger charge is -2.21. The Bertz CT molecular complexity index is 1220. The Morgan fingerprint density at radius 2 is 2.03 bits per heavy atom. The number of ether oxygens (including phenoxy) is 2. The molecule has 0 radical (unpaired) electrons. The number of nitrogens with zero attached hydrogens (tertiary/aromatic N) is 4. The second-order valence-electron chi connectivity index (χ2n) is 8.88. The molecule has 1 aliphatic rings. The third-order valence-electron chi connectivity index (χ3n) is 5.99. The number of carbonyl (C=O) groups is 1. The molecule has 0 aliphatic carbocycles. The highest BCUT2D eigenvalue weighted by Gasteiger charge is 2.37. The molecule has 1 aliphatic heterocycles. The van der Waals surface area contributed by atoms with Gasteiger partial charge in [-0.15, -0.1) is 0 Å². The van der Waals surface area contributed by atoms with Crippen LogP contribution >= 0.6 is 0 Å². The minimum absolute atomic E-state index is 0.207. The monoisotopic (exact) mass is 515 g/mol. The summed E-state index contributed by atoms with van der Waals surface area (Å²) in [5, 5.41) is 2.70. The van der Waals surface area contributed by atoms with Crippen molar-refractivity contribution in [1.82, 2.24) is 14.9 Å². The van der Waals surface area contributed by atoms with Gasteiger partial charge in [-0.3, -0.25) is 9.88 Å². The van der Waals surface area contributed by atoms with E-state index in [2.05, 4.69) is 20.2 Å². The van der Waals surface area contributed by atoms with E-state index in [-0.39, 0.29) is 24.1 Å². The molecule has 4 rings (SSSR count). The van der Waals surface area contributed by atoms with Crippen molar-refractivity contribution in [3.63, 3.8) is 0 Å². The number of benzene rings is 1. The van der Waals surface area contributed by atoms with Gasteiger partial charge < -0.3 is 19.7 Å². The van der Waals surface area contributed by atoms with Gasteiger partial charge in [-0.1, -0.05) is 6.07 Å². The number of fused-ring (bicyclic) bond motifs is 1. The Kier molecular flexibility index (Phi) is 7.82. The molecule has 8 nitrogen and oxygen atoms in total. The number of amides is 2. The van der Waals surface area contributed by atoms with E-state index in [1.54, 1.807) is 24.5 Å². The zero-order valence-electron chi connectivity index (χ0n) is 20.7. The van der Waals surface area contributed by atoms with Gasteiger partial charge in [0.15, 0.2) is 0 Å². The summed E-state index contributed by atoms with van der Waals surface area (Å²) in [5.74, 6) is 0.113. The van der Waals surface area contributed by atoms with Gasteiger partial charge in [-0.25, -0.2) is 9.78 Å². The van der Waals surface area contributed by atoms with E-state index in [4.69, 9.17) is 9.47 Å². The number of anilines is 2. The summed E-state index contributed by atoms with van der Waals surface area (Å²) in [6, 6.07) is 8.81. The molecule has 0 fully saturated rings. The van der Waals surface area contributed by atoms with Crippen molar-refractivity contribution in [2.45, 2.75) is 25.1 Å². The minimum atomic E-state index is -4.61. The summed E-state index contributed by atoms with van der Waals surface area (Å²) < 4.78 is 51.5. The molecular formula is C26H28F3N5O3. The first-order valence-corrected chi connectivity index (χ1v) is 11.7. The Labute approximate surface area is 213 Å². The average molecular weight is 516 g/mol. The van der Waals surface area contributed by atoms with Crippen molar-refractivity contribution in [2.24, 2.45) is 0 Å². The van der Waals surface area contributed by atoms with Crippen LogP contribution in [0.3, 0.4) is 0 Å². The number of halogens is 3. The van der Waals surface area contributed by atoms with Crippen LogP contribution < -0.4 is 19.7 Å². The van der Waals surface area contributed by atoms with Crippen LogP contribution in [-0.4, -0.2) is 55.2 Å². The van der Waals surface area contributed by atoms with Gasteiger partial charge in [-0.05, 0) is 50.3 Å². The molecule has 11 heteroatoms. The first-order chi connectivity index (χ1) is 17.7. The predicted octanol–water partition coefficient (Wildman–Crippen LogP) is 5.17. The van der Waals surface area contributed by atoms with Crippen LogP contribution in [0.5, 0.6) is 11.6 Å². The lowest BCUT2D eigenvalue weighted by molar-refractivity contribution is -0.138. The van der Waals surface area contributed by atoms with Gasteiger partial charge >= 0.3 is 12.2 Å². The van der Waals surface area contributed by atoms with Crippen molar-refractivity contribution in [3.8, 4) is 11.6 Å². The largest absolute Gasteiger partial charge is 0.496 e. The van der Waals surface area contributed by atoms with Crippen LogP contribution in [0.4, 0.5) is 29.3 Å². The minimum Gasteiger partial charge on any atom is -0.496 e. The number of aromatic nitrogens is 2. The van der Waals surface area contributed by atoms with Crippen LogP contribution in [0.25, 0.3) is 0 Å². The lowest BCUT2D eigenvalue weighted by Crippen LogP contribution is -2.33. The Hall–Kier alpha value is -3.86. The normalized spacial score (nSPS) is 13.9. The van der Waals surface area contributed by atoms with Crippen LogP contribution in [0.2, 0.25) is 0 Å². The van der Waals surface area contributed by atoms with Crippen molar-refractivity contribution in [1.29, 1.82) is 0 Å². The van der Waals surface area contributed by atoms with Crippen LogP contribution in [-0.2, 0) is 12.6 Å². The lowest BCUT2D eigenvalue weighted by atomic mass is 10.1. The highest BCUT2D eigenvalue weighted by Crippen LogP contribution is 2.42. The number of carbonyl (C=O) groups excluding carboxylic acids is 1. The van der Waals surface area contributed by atoms with Crippen molar-refractivity contribution < 1.29 is 27.4 Å². The van der Waals surface area contributed by atoms with Crippen molar-refractivity contribution >= 4 is 17.4 Å². The predicted molar refractivity (Wildman–Crippen MR) is 133 cm³/mol. The Balaban J connectivity index is 1.46. The fourth-order valence-electron chi connectivity index (χ4n) is 4.11.